The van der Waals surface area contributed by atoms with Gasteiger partial charge in [-0.2, -0.15) is 0 Å². The van der Waals surface area contributed by atoms with Crippen LogP contribution in [0.25, 0.3) is 257 Å². The highest BCUT2D eigenvalue weighted by molar-refractivity contribution is 6.34. The Morgan fingerprint density at radius 1 is 0.159 bits per heavy atom. The van der Waals surface area contributed by atoms with Crippen molar-refractivity contribution in [2.24, 2.45) is 0 Å². The highest BCUT2D eigenvalue weighted by atomic mass is 15.0. The van der Waals surface area contributed by atoms with Crippen molar-refractivity contribution in [1.29, 1.82) is 0 Å². The number of hydrogen-bond acceptors (Lipinski definition) is 0. The van der Waals surface area contributed by atoms with Crippen LogP contribution >= 0.6 is 0 Å². The third kappa shape index (κ3) is 11.5. The highest BCUT2D eigenvalue weighted by Crippen LogP contribution is 2.56. The van der Waals surface area contributed by atoms with Gasteiger partial charge in [-0.15, -0.1) is 0 Å². The molecule has 1 aliphatic rings. The van der Waals surface area contributed by atoms with Crippen LogP contribution in [-0.4, -0.2) is 13.7 Å². The molecular formula is C129H83N3. The van der Waals surface area contributed by atoms with Gasteiger partial charge < -0.3 is 13.7 Å². The van der Waals surface area contributed by atoms with E-state index in [0.717, 1.165) is 0 Å². The first kappa shape index (κ1) is 75.2. The first-order valence-electron chi connectivity index (χ1n) is 46.0. The Balaban J connectivity index is 0.000000101. The maximum atomic E-state index is 2.57. The highest BCUT2D eigenvalue weighted by Gasteiger charge is 2.37. The molecule has 0 atom stereocenters. The fourth-order valence-corrected chi connectivity index (χ4v) is 23.0. The van der Waals surface area contributed by atoms with Gasteiger partial charge in [0.25, 0.3) is 0 Å². The maximum Gasteiger partial charge on any atom is 0.0620 e. The predicted molar refractivity (Wildman–Crippen MR) is 564 cm³/mol. The molecule has 0 saturated carbocycles. The molecule has 0 N–H and O–H groups in total. The van der Waals surface area contributed by atoms with E-state index in [0.29, 0.717) is 0 Å². The lowest BCUT2D eigenvalue weighted by atomic mass is 9.82. The first-order valence-corrected chi connectivity index (χ1v) is 46.0. The van der Waals surface area contributed by atoms with Crippen LogP contribution in [0.5, 0.6) is 0 Å². The molecule has 0 radical (unpaired) electrons. The quantitative estimate of drug-likeness (QED) is 0.101. The van der Waals surface area contributed by atoms with E-state index in [1.54, 1.807) is 0 Å². The van der Waals surface area contributed by atoms with Gasteiger partial charge >= 0.3 is 0 Å². The summed E-state index contributed by atoms with van der Waals surface area (Å²) in [5.41, 5.74) is 27.4. The Hall–Kier alpha value is -17.0. The predicted octanol–water partition coefficient (Wildman–Crippen LogP) is 35.4. The minimum Gasteiger partial charge on any atom is -0.308 e. The number of benzene rings is 25. The van der Waals surface area contributed by atoms with Crippen LogP contribution < -0.4 is 0 Å². The zero-order valence-corrected chi connectivity index (χ0v) is 72.8. The van der Waals surface area contributed by atoms with Crippen molar-refractivity contribution >= 4 is 162 Å². The Morgan fingerprint density at radius 3 is 0.818 bits per heavy atom. The van der Waals surface area contributed by atoms with Gasteiger partial charge in [0, 0.05) is 71.5 Å². The van der Waals surface area contributed by atoms with Gasteiger partial charge in [0.2, 0.25) is 0 Å². The molecule has 0 spiro atoms. The summed E-state index contributed by atoms with van der Waals surface area (Å²) in [5.74, 6) is 0. The number of nitrogens with zero attached hydrogens (tertiary/aromatic N) is 3. The third-order valence-corrected chi connectivity index (χ3v) is 28.8. The lowest BCUT2D eigenvalue weighted by Gasteiger charge is -2.23. The van der Waals surface area contributed by atoms with Crippen LogP contribution in [0.1, 0.15) is 25.0 Å². The minimum absolute atomic E-state index is 0.0912. The molecule has 3 heterocycles. The van der Waals surface area contributed by atoms with Gasteiger partial charge in [0.15, 0.2) is 0 Å². The average molecular weight is 1680 g/mol. The Kier molecular flexibility index (Phi) is 16.8. The normalized spacial score (nSPS) is 12.5. The van der Waals surface area contributed by atoms with E-state index in [4.69, 9.17) is 0 Å². The van der Waals surface area contributed by atoms with Crippen LogP contribution in [0.4, 0.5) is 0 Å². The van der Waals surface area contributed by atoms with E-state index in [-0.39, 0.29) is 5.41 Å². The summed E-state index contributed by atoms with van der Waals surface area (Å²) in [6.07, 6.45) is 0. The zero-order chi connectivity index (χ0) is 87.0. The molecule has 0 amide bonds. The second kappa shape index (κ2) is 29.5. The molecule has 0 unspecified atom stereocenters. The van der Waals surface area contributed by atoms with E-state index in [1.807, 2.05) is 0 Å². The zero-order valence-electron chi connectivity index (χ0n) is 72.8. The summed E-state index contributed by atoms with van der Waals surface area (Å²) >= 11 is 0. The first-order chi connectivity index (χ1) is 65.3. The average Bonchev–Trinajstić information content (AvgIpc) is 1.53. The van der Waals surface area contributed by atoms with Crippen molar-refractivity contribution in [1.82, 2.24) is 13.7 Å². The Labute approximate surface area is 763 Å². The molecular weight excluding hydrogens is 1590 g/mol. The van der Waals surface area contributed by atoms with Crippen molar-refractivity contribution in [3.05, 3.63) is 478 Å². The summed E-state index contributed by atoms with van der Waals surface area (Å²) in [6, 6.07) is 172. The van der Waals surface area contributed by atoms with E-state index in [2.05, 4.69) is 495 Å². The molecule has 3 aromatic heterocycles. The minimum atomic E-state index is -0.0912. The monoisotopic (exact) mass is 1670 g/mol. The van der Waals surface area contributed by atoms with Crippen molar-refractivity contribution < 1.29 is 0 Å². The summed E-state index contributed by atoms with van der Waals surface area (Å²) < 4.78 is 7.62. The third-order valence-electron chi connectivity index (χ3n) is 28.8. The molecule has 0 aliphatic heterocycles. The van der Waals surface area contributed by atoms with Gasteiger partial charge in [-0.05, 0) is 235 Å². The van der Waals surface area contributed by atoms with Crippen molar-refractivity contribution in [3.63, 3.8) is 0 Å². The van der Waals surface area contributed by atoms with Crippen LogP contribution in [0, 0.1) is 0 Å². The fraction of sp³-hybridized carbons (Fsp3) is 0.0233. The van der Waals surface area contributed by atoms with E-state index in [1.165, 1.54) is 268 Å². The molecule has 3 nitrogen and oxygen atoms in total. The Bertz CT molecular complexity index is 9460. The standard InChI is InChI=1S/C45H31N.C44H27N.C40H25N/c1-45(2)38-19-10-9-18-34(38)35-25-23-33(27-39(35)45)46-43(31-14-7-4-8-15-31)42(28-12-5-3-6-13-28)37-26-32-21-20-29-16-11-17-30-22-24-36(44(37)46)41(32)40(29)30;1-3-10-28(11-4-1)42-39-27-35-19-18-29-16-9-17-30-21-23-38(41(35)40(29)30)44(39)45(43(42)31-12-5-2-6-13-31)37-22-20-34-24-32-14-7-8-15-33(32)25-36(34)26-37;1-3-11-27(12-4-1)38-35-25-32-19-18-28-16-9-17-29-21-23-34(37(32)36(28)29)40(35)41(39(38)30-13-5-2-6-14-30)33-22-20-26-10-7-8-15-31(26)24-33/h3-27H,1-2H3;1-27H;1-25H. The molecule has 614 valence electrons. The molecule has 0 fully saturated rings. The summed E-state index contributed by atoms with van der Waals surface area (Å²) in [4.78, 5) is 0. The maximum absolute atomic E-state index is 2.57. The molecule has 29 rings (SSSR count). The molecule has 1 aliphatic carbocycles. The van der Waals surface area contributed by atoms with Gasteiger partial charge in [-0.25, -0.2) is 0 Å². The largest absolute Gasteiger partial charge is 0.308 e. The van der Waals surface area contributed by atoms with Gasteiger partial charge in [-0.3, -0.25) is 0 Å². The van der Waals surface area contributed by atoms with Gasteiger partial charge in [0.05, 0.1) is 33.6 Å². The SMILES string of the molecule is CC1(C)c2ccccc2-c2ccc(-n3c(-c4ccccc4)c(-c4ccccc4)c4cc5ccc6cccc7ccc(c5c67)c43)cc21.c1ccc(-c2c(-c3ccccc3)n(-c3ccc4cc5ccccc5cc4c3)c3c2cc2ccc4cccc5ccc3c2c45)cc1.c1ccc(-c2c(-c3ccccc3)n(-c3ccc4ccccc4c3)c3c2cc2ccc4cccc5ccc3c2c45)cc1. The van der Waals surface area contributed by atoms with Crippen LogP contribution in [-0.2, 0) is 5.41 Å². The fourth-order valence-electron chi connectivity index (χ4n) is 23.0. The van der Waals surface area contributed by atoms with E-state index < -0.39 is 0 Å². The molecule has 0 saturated heterocycles. The molecule has 132 heavy (non-hydrogen) atoms. The summed E-state index contributed by atoms with van der Waals surface area (Å²) in [7, 11) is 0. The number of fused-ring (bicyclic) bond motifs is 12. The van der Waals surface area contributed by atoms with E-state index >= 15 is 0 Å². The summed E-state index contributed by atoms with van der Waals surface area (Å²) in [5, 5.41) is 34.8. The number of rotatable bonds is 9. The second-order valence-corrected chi connectivity index (χ2v) is 36.4. The Morgan fingerprint density at radius 2 is 0.424 bits per heavy atom. The lowest BCUT2D eigenvalue weighted by molar-refractivity contribution is 0.660. The van der Waals surface area contributed by atoms with Crippen molar-refractivity contribution in [2.45, 2.75) is 19.3 Å². The van der Waals surface area contributed by atoms with Gasteiger partial charge in [0.1, 0.15) is 0 Å². The molecule has 28 aromatic rings. The van der Waals surface area contributed by atoms with Crippen LogP contribution in [0.3, 0.4) is 0 Å². The van der Waals surface area contributed by atoms with Crippen LogP contribution in [0.15, 0.2) is 467 Å². The van der Waals surface area contributed by atoms with E-state index in [9.17, 15) is 0 Å². The molecule has 25 aromatic carbocycles. The smallest absolute Gasteiger partial charge is 0.0620 e. The van der Waals surface area contributed by atoms with Crippen molar-refractivity contribution in [2.75, 3.05) is 0 Å². The van der Waals surface area contributed by atoms with Crippen LogP contribution in [0.2, 0.25) is 0 Å². The molecule has 3 heteroatoms. The molecule has 0 bridgehead atoms. The summed E-state index contributed by atoms with van der Waals surface area (Å²) in [6.45, 7) is 4.74. The van der Waals surface area contributed by atoms with Crippen molar-refractivity contribution in [3.8, 4) is 95.3 Å². The number of aromatic nitrogens is 3. The second-order valence-electron chi connectivity index (χ2n) is 36.4. The topological polar surface area (TPSA) is 14.8 Å². The number of hydrogen-bond donors (Lipinski definition) is 0. The van der Waals surface area contributed by atoms with Gasteiger partial charge in [-0.1, -0.05) is 414 Å². The lowest BCUT2D eigenvalue weighted by Crippen LogP contribution is -2.15.